The largest absolute Gasteiger partial charge is 0.444 e. The van der Waals surface area contributed by atoms with Gasteiger partial charge in [-0.3, -0.25) is 4.79 Å². The van der Waals surface area contributed by atoms with Gasteiger partial charge < -0.3 is 30.5 Å². The summed E-state index contributed by atoms with van der Waals surface area (Å²) < 4.78 is 10.3. The van der Waals surface area contributed by atoms with E-state index in [9.17, 15) is 14.4 Å². The maximum Gasteiger partial charge on any atom is 0.408 e. The Bertz CT molecular complexity index is 482. The summed E-state index contributed by atoms with van der Waals surface area (Å²) in [5, 5.41) is 16.6. The number of ether oxygens (including phenoxy) is 2. The normalized spacial score (nSPS) is 12.7. The molecule has 0 heterocycles. The molecule has 0 aromatic carbocycles. The molecular weight excluding hydrogens is 354 g/mol. The molecule has 4 N–H and O–H groups in total. The molecule has 9 nitrogen and oxygen atoms in total. The van der Waals surface area contributed by atoms with Crippen LogP contribution in [0.2, 0.25) is 0 Å². The molecule has 0 aliphatic rings. The van der Waals surface area contributed by atoms with E-state index in [2.05, 4.69) is 16.0 Å². The van der Waals surface area contributed by atoms with Gasteiger partial charge in [0, 0.05) is 13.1 Å². The van der Waals surface area contributed by atoms with Crippen molar-refractivity contribution in [2.24, 2.45) is 0 Å². The van der Waals surface area contributed by atoms with Crippen molar-refractivity contribution in [1.82, 2.24) is 16.0 Å². The fourth-order valence-electron chi connectivity index (χ4n) is 2.00. The zero-order valence-corrected chi connectivity index (χ0v) is 17.3. The number of aliphatic hydroxyl groups excluding tert-OH is 1. The Balaban J connectivity index is 4.41. The van der Waals surface area contributed by atoms with Crippen LogP contribution in [-0.4, -0.2) is 60.1 Å². The second-order valence-electron chi connectivity index (χ2n) is 8.14. The van der Waals surface area contributed by atoms with Gasteiger partial charge in [-0.15, -0.1) is 0 Å². The van der Waals surface area contributed by atoms with Gasteiger partial charge in [0.25, 0.3) is 0 Å². The molecule has 0 spiro atoms. The fourth-order valence-corrected chi connectivity index (χ4v) is 2.00. The minimum absolute atomic E-state index is 0.103. The van der Waals surface area contributed by atoms with Gasteiger partial charge >= 0.3 is 12.2 Å². The molecule has 0 aliphatic heterocycles. The van der Waals surface area contributed by atoms with E-state index in [-0.39, 0.29) is 13.2 Å². The van der Waals surface area contributed by atoms with Gasteiger partial charge in [-0.25, -0.2) is 9.59 Å². The summed E-state index contributed by atoms with van der Waals surface area (Å²) in [6.07, 6.45) is 0.388. The van der Waals surface area contributed by atoms with Crippen LogP contribution >= 0.6 is 0 Å². The Hall–Kier alpha value is -2.03. The van der Waals surface area contributed by atoms with E-state index < -0.39 is 35.3 Å². The summed E-state index contributed by atoms with van der Waals surface area (Å²) in [7, 11) is 0. The van der Waals surface area contributed by atoms with Crippen molar-refractivity contribution in [2.45, 2.75) is 78.0 Å². The summed E-state index contributed by atoms with van der Waals surface area (Å²) in [5.74, 6) is -0.394. The number of nitrogens with one attached hydrogen (secondary N) is 3. The molecule has 0 radical (unpaired) electrons. The molecule has 0 aliphatic carbocycles. The lowest BCUT2D eigenvalue weighted by molar-refractivity contribution is -0.123. The van der Waals surface area contributed by atoms with Gasteiger partial charge in [0.2, 0.25) is 5.91 Å². The predicted octanol–water partition coefficient (Wildman–Crippen LogP) is 1.68. The van der Waals surface area contributed by atoms with Crippen molar-refractivity contribution in [1.29, 1.82) is 0 Å². The Morgan fingerprint density at radius 1 is 0.852 bits per heavy atom. The zero-order chi connectivity index (χ0) is 21.1. The average Bonchev–Trinajstić information content (AvgIpc) is 2.47. The van der Waals surface area contributed by atoms with Crippen LogP contribution in [0.3, 0.4) is 0 Å². The SMILES string of the molecule is CC(C)(C)OC(=O)NCCCCC(NC(=O)OC(C)(C)C)C(=O)NCCO. The Morgan fingerprint density at radius 2 is 1.41 bits per heavy atom. The molecule has 0 aromatic heterocycles. The van der Waals surface area contributed by atoms with Crippen LogP contribution in [0.1, 0.15) is 60.8 Å². The Kier molecular flexibility index (Phi) is 10.8. The molecule has 1 atom stereocenters. The molecule has 158 valence electrons. The van der Waals surface area contributed by atoms with Crippen molar-refractivity contribution in [2.75, 3.05) is 19.7 Å². The summed E-state index contributed by atoms with van der Waals surface area (Å²) in [6.45, 7) is 10.9. The number of carbonyl (C=O) groups is 3. The average molecular weight is 389 g/mol. The van der Waals surface area contributed by atoms with E-state index in [0.717, 1.165) is 0 Å². The maximum absolute atomic E-state index is 12.1. The third-order valence-electron chi connectivity index (χ3n) is 3.01. The molecule has 3 amide bonds. The van der Waals surface area contributed by atoms with Gasteiger partial charge in [0.05, 0.1) is 6.61 Å². The first-order valence-electron chi connectivity index (χ1n) is 9.19. The number of rotatable bonds is 9. The standard InChI is InChI=1S/C18H35N3O6/c1-17(2,3)26-15(24)20-10-8-7-9-13(14(23)19-11-12-22)21-16(25)27-18(4,5)6/h13,22H,7-12H2,1-6H3,(H,19,23)(H,20,24)(H,21,25). The molecule has 0 aromatic rings. The van der Waals surface area contributed by atoms with E-state index in [4.69, 9.17) is 14.6 Å². The van der Waals surface area contributed by atoms with Gasteiger partial charge in [0.15, 0.2) is 0 Å². The number of amides is 3. The van der Waals surface area contributed by atoms with Crippen molar-refractivity contribution >= 4 is 18.1 Å². The minimum atomic E-state index is -0.784. The predicted molar refractivity (Wildman–Crippen MR) is 101 cm³/mol. The molecule has 0 bridgehead atoms. The van der Waals surface area contributed by atoms with Gasteiger partial charge in [-0.05, 0) is 60.8 Å². The van der Waals surface area contributed by atoms with Crippen LogP contribution in [0.25, 0.3) is 0 Å². The van der Waals surface area contributed by atoms with E-state index in [0.29, 0.717) is 25.8 Å². The van der Waals surface area contributed by atoms with Crippen LogP contribution < -0.4 is 16.0 Å². The lowest BCUT2D eigenvalue weighted by Gasteiger charge is -2.23. The Labute approximate surface area is 161 Å². The summed E-state index contributed by atoms with van der Waals surface area (Å²) in [4.78, 5) is 35.6. The number of alkyl carbamates (subject to hydrolysis) is 2. The first-order chi connectivity index (χ1) is 12.3. The van der Waals surface area contributed by atoms with Crippen molar-refractivity contribution in [3.05, 3.63) is 0 Å². The second kappa shape index (κ2) is 11.6. The highest BCUT2D eigenvalue weighted by Crippen LogP contribution is 2.09. The molecule has 9 heteroatoms. The molecule has 0 fully saturated rings. The van der Waals surface area contributed by atoms with E-state index >= 15 is 0 Å². The first kappa shape index (κ1) is 25.0. The molecule has 1 unspecified atom stereocenters. The molecule has 0 saturated heterocycles. The van der Waals surface area contributed by atoms with Gasteiger partial charge in [0.1, 0.15) is 17.2 Å². The number of unbranched alkanes of at least 4 members (excludes halogenated alkanes) is 1. The summed E-state index contributed by atoms with van der Waals surface area (Å²) in [5.41, 5.74) is -1.23. The third kappa shape index (κ3) is 14.8. The highest BCUT2D eigenvalue weighted by Gasteiger charge is 2.24. The van der Waals surface area contributed by atoms with Gasteiger partial charge in [-0.1, -0.05) is 0 Å². The summed E-state index contributed by atoms with van der Waals surface area (Å²) >= 11 is 0. The van der Waals surface area contributed by atoms with Crippen molar-refractivity contribution < 1.29 is 29.0 Å². The number of hydrogen-bond donors (Lipinski definition) is 4. The first-order valence-corrected chi connectivity index (χ1v) is 9.19. The molecule has 27 heavy (non-hydrogen) atoms. The van der Waals surface area contributed by atoms with Crippen molar-refractivity contribution in [3.63, 3.8) is 0 Å². The molecule has 0 saturated carbocycles. The third-order valence-corrected chi connectivity index (χ3v) is 3.01. The number of carbonyl (C=O) groups excluding carboxylic acids is 3. The van der Waals surface area contributed by atoms with E-state index in [1.54, 1.807) is 41.5 Å². The number of hydrogen-bond acceptors (Lipinski definition) is 6. The van der Waals surface area contributed by atoms with E-state index in [1.807, 2.05) is 0 Å². The van der Waals surface area contributed by atoms with Gasteiger partial charge in [-0.2, -0.15) is 0 Å². The van der Waals surface area contributed by atoms with Crippen LogP contribution in [0, 0.1) is 0 Å². The lowest BCUT2D eigenvalue weighted by atomic mass is 10.1. The maximum atomic E-state index is 12.1. The van der Waals surface area contributed by atoms with Crippen LogP contribution in [0.4, 0.5) is 9.59 Å². The molecular formula is C18H35N3O6. The highest BCUT2D eigenvalue weighted by atomic mass is 16.6. The van der Waals surface area contributed by atoms with Crippen LogP contribution in [-0.2, 0) is 14.3 Å². The summed E-state index contributed by atoms with van der Waals surface area (Å²) in [6, 6.07) is -0.784. The Morgan fingerprint density at radius 3 is 1.93 bits per heavy atom. The second-order valence-corrected chi connectivity index (χ2v) is 8.14. The van der Waals surface area contributed by atoms with Crippen molar-refractivity contribution in [3.8, 4) is 0 Å². The molecule has 0 rings (SSSR count). The van der Waals surface area contributed by atoms with Crippen LogP contribution in [0.5, 0.6) is 0 Å². The quantitative estimate of drug-likeness (QED) is 0.445. The zero-order valence-electron chi connectivity index (χ0n) is 17.3. The topological polar surface area (TPSA) is 126 Å². The fraction of sp³-hybridized carbons (Fsp3) is 0.833. The highest BCUT2D eigenvalue weighted by molar-refractivity contribution is 5.85. The minimum Gasteiger partial charge on any atom is -0.444 e. The monoisotopic (exact) mass is 389 g/mol. The lowest BCUT2D eigenvalue weighted by Crippen LogP contribution is -2.48. The van der Waals surface area contributed by atoms with Crippen LogP contribution in [0.15, 0.2) is 0 Å². The van der Waals surface area contributed by atoms with E-state index in [1.165, 1.54) is 0 Å². The smallest absolute Gasteiger partial charge is 0.408 e. The number of aliphatic hydroxyl groups is 1.